The lowest BCUT2D eigenvalue weighted by atomic mass is 9.97. The van der Waals surface area contributed by atoms with Gasteiger partial charge in [-0.05, 0) is 32.7 Å². The lowest BCUT2D eigenvalue weighted by molar-refractivity contribution is 0.0962. The Morgan fingerprint density at radius 2 is 2.38 bits per heavy atom. The normalized spacial score (nSPS) is 26.7. The predicted molar refractivity (Wildman–Crippen MR) is 51.1 cm³/mol. The first-order valence-electron chi connectivity index (χ1n) is 5.03. The first-order valence-corrected chi connectivity index (χ1v) is 5.03. The summed E-state index contributed by atoms with van der Waals surface area (Å²) < 4.78 is 0. The minimum atomic E-state index is -0.246. The van der Waals surface area contributed by atoms with Gasteiger partial charge in [0.25, 0.3) is 0 Å². The van der Waals surface area contributed by atoms with Crippen molar-refractivity contribution in [3.63, 3.8) is 0 Å². The van der Waals surface area contributed by atoms with Crippen LogP contribution in [0.1, 0.15) is 32.6 Å². The highest BCUT2D eigenvalue weighted by molar-refractivity contribution is 4.85. The van der Waals surface area contributed by atoms with Crippen molar-refractivity contribution < 1.29 is 5.11 Å². The van der Waals surface area contributed by atoms with Crippen molar-refractivity contribution in [2.24, 2.45) is 0 Å². The van der Waals surface area contributed by atoms with E-state index in [1.54, 1.807) is 0 Å². The molecule has 1 aliphatic heterocycles. The lowest BCUT2D eigenvalue weighted by Crippen LogP contribution is -2.41. The molecule has 0 aromatic heterocycles. The lowest BCUT2D eigenvalue weighted by Gasteiger charge is -2.34. The highest BCUT2D eigenvalue weighted by atomic mass is 16.3. The number of hydrogen-bond donors (Lipinski definition) is 1. The number of rotatable bonds is 3. The standard InChI is InChI=1S/C10H18N2O/c1-9(13)8-10-4-2-3-6-12(10)7-5-11/h9-10,13H,2-4,6-8H2,1H3. The second-order valence-electron chi connectivity index (χ2n) is 3.86. The zero-order valence-electron chi connectivity index (χ0n) is 8.24. The minimum Gasteiger partial charge on any atom is -0.393 e. The Morgan fingerprint density at radius 3 is 3.00 bits per heavy atom. The molecule has 1 saturated heterocycles. The van der Waals surface area contributed by atoms with Gasteiger partial charge in [0.1, 0.15) is 0 Å². The van der Waals surface area contributed by atoms with Gasteiger partial charge in [-0.25, -0.2) is 0 Å². The summed E-state index contributed by atoms with van der Waals surface area (Å²) in [6, 6.07) is 2.61. The monoisotopic (exact) mass is 182 g/mol. The third-order valence-corrected chi connectivity index (χ3v) is 2.64. The fourth-order valence-electron chi connectivity index (χ4n) is 2.02. The summed E-state index contributed by atoms with van der Waals surface area (Å²) in [5.74, 6) is 0. The van der Waals surface area contributed by atoms with Gasteiger partial charge in [0.15, 0.2) is 0 Å². The summed E-state index contributed by atoms with van der Waals surface area (Å²) in [5.41, 5.74) is 0. The van der Waals surface area contributed by atoms with Crippen LogP contribution in [0.15, 0.2) is 0 Å². The van der Waals surface area contributed by atoms with E-state index >= 15 is 0 Å². The van der Waals surface area contributed by atoms with E-state index in [1.165, 1.54) is 12.8 Å². The van der Waals surface area contributed by atoms with E-state index in [0.29, 0.717) is 12.6 Å². The molecule has 3 heteroatoms. The molecule has 0 saturated carbocycles. The van der Waals surface area contributed by atoms with Crippen LogP contribution in [0.5, 0.6) is 0 Å². The second kappa shape index (κ2) is 5.21. The molecule has 1 N–H and O–H groups in total. The summed E-state index contributed by atoms with van der Waals surface area (Å²) in [7, 11) is 0. The molecule has 0 bridgehead atoms. The van der Waals surface area contributed by atoms with Crippen LogP contribution in [0.3, 0.4) is 0 Å². The smallest absolute Gasteiger partial charge is 0.0868 e. The second-order valence-corrected chi connectivity index (χ2v) is 3.86. The SMILES string of the molecule is CC(O)CC1CCCCN1CC#N. The molecule has 0 aromatic carbocycles. The van der Waals surface area contributed by atoms with Crippen molar-refractivity contribution in [3.05, 3.63) is 0 Å². The zero-order valence-corrected chi connectivity index (χ0v) is 8.24. The van der Waals surface area contributed by atoms with Gasteiger partial charge in [0.05, 0.1) is 18.7 Å². The molecular formula is C10H18N2O. The van der Waals surface area contributed by atoms with Gasteiger partial charge in [-0.3, -0.25) is 4.90 Å². The molecule has 2 atom stereocenters. The summed E-state index contributed by atoms with van der Waals surface area (Å²) >= 11 is 0. The highest BCUT2D eigenvalue weighted by Gasteiger charge is 2.22. The van der Waals surface area contributed by atoms with E-state index in [1.807, 2.05) is 6.92 Å². The molecule has 0 spiro atoms. The van der Waals surface area contributed by atoms with Crippen LogP contribution in [0, 0.1) is 11.3 Å². The largest absolute Gasteiger partial charge is 0.393 e. The van der Waals surface area contributed by atoms with Crippen LogP contribution in [0.4, 0.5) is 0 Å². The number of nitriles is 1. The molecule has 74 valence electrons. The number of aliphatic hydroxyl groups is 1. The first kappa shape index (κ1) is 10.5. The topological polar surface area (TPSA) is 47.3 Å². The third-order valence-electron chi connectivity index (χ3n) is 2.64. The molecule has 0 amide bonds. The van der Waals surface area contributed by atoms with E-state index < -0.39 is 0 Å². The number of nitrogens with zero attached hydrogens (tertiary/aromatic N) is 2. The average molecular weight is 182 g/mol. The van der Waals surface area contributed by atoms with Crippen molar-refractivity contribution in [1.29, 1.82) is 5.26 Å². The van der Waals surface area contributed by atoms with Gasteiger partial charge in [-0.15, -0.1) is 0 Å². The molecule has 2 unspecified atom stereocenters. The third kappa shape index (κ3) is 3.33. The Labute approximate surface area is 80.0 Å². The Morgan fingerprint density at radius 1 is 1.62 bits per heavy atom. The van der Waals surface area contributed by atoms with Gasteiger partial charge >= 0.3 is 0 Å². The van der Waals surface area contributed by atoms with Gasteiger partial charge in [-0.1, -0.05) is 6.42 Å². The fourth-order valence-corrected chi connectivity index (χ4v) is 2.02. The molecule has 1 aliphatic rings. The molecule has 0 aromatic rings. The number of likely N-dealkylation sites (tertiary alicyclic amines) is 1. The summed E-state index contributed by atoms with van der Waals surface area (Å²) in [5, 5.41) is 17.9. The molecule has 1 rings (SSSR count). The van der Waals surface area contributed by atoms with E-state index in [-0.39, 0.29) is 6.10 Å². The van der Waals surface area contributed by atoms with Crippen LogP contribution in [0.25, 0.3) is 0 Å². The van der Waals surface area contributed by atoms with E-state index in [4.69, 9.17) is 5.26 Å². The summed E-state index contributed by atoms with van der Waals surface area (Å²) in [6.07, 6.45) is 4.12. The molecular weight excluding hydrogens is 164 g/mol. The predicted octanol–water partition coefficient (Wildman–Crippen LogP) is 1.14. The molecule has 1 heterocycles. The van der Waals surface area contributed by atoms with Crippen molar-refractivity contribution in [2.75, 3.05) is 13.1 Å². The van der Waals surface area contributed by atoms with E-state index in [2.05, 4.69) is 11.0 Å². The Balaban J connectivity index is 2.42. The fraction of sp³-hybridized carbons (Fsp3) is 0.900. The molecule has 13 heavy (non-hydrogen) atoms. The van der Waals surface area contributed by atoms with Crippen LogP contribution in [0.2, 0.25) is 0 Å². The molecule has 0 radical (unpaired) electrons. The Hall–Kier alpha value is -0.590. The van der Waals surface area contributed by atoms with Crippen molar-refractivity contribution >= 4 is 0 Å². The van der Waals surface area contributed by atoms with Gasteiger partial charge in [0, 0.05) is 6.04 Å². The van der Waals surface area contributed by atoms with Crippen molar-refractivity contribution in [1.82, 2.24) is 4.90 Å². The van der Waals surface area contributed by atoms with Crippen LogP contribution >= 0.6 is 0 Å². The maximum absolute atomic E-state index is 9.28. The zero-order chi connectivity index (χ0) is 9.68. The summed E-state index contributed by atoms with van der Waals surface area (Å²) in [6.45, 7) is 3.35. The van der Waals surface area contributed by atoms with Crippen LogP contribution in [-0.4, -0.2) is 35.2 Å². The first-order chi connectivity index (χ1) is 6.24. The van der Waals surface area contributed by atoms with Crippen molar-refractivity contribution in [2.45, 2.75) is 44.8 Å². The molecule has 3 nitrogen and oxygen atoms in total. The van der Waals surface area contributed by atoms with Gasteiger partial charge in [0.2, 0.25) is 0 Å². The number of hydrogen-bond acceptors (Lipinski definition) is 3. The maximum atomic E-state index is 9.28. The van der Waals surface area contributed by atoms with E-state index in [9.17, 15) is 5.11 Å². The minimum absolute atomic E-state index is 0.246. The van der Waals surface area contributed by atoms with Gasteiger partial charge in [-0.2, -0.15) is 5.26 Å². The van der Waals surface area contributed by atoms with Crippen LogP contribution in [-0.2, 0) is 0 Å². The quantitative estimate of drug-likeness (QED) is 0.666. The number of aliphatic hydroxyl groups excluding tert-OH is 1. The van der Waals surface area contributed by atoms with Crippen LogP contribution < -0.4 is 0 Å². The molecule has 0 aliphatic carbocycles. The maximum Gasteiger partial charge on any atom is 0.0868 e. The Kier molecular flexibility index (Phi) is 4.20. The highest BCUT2D eigenvalue weighted by Crippen LogP contribution is 2.20. The Bertz CT molecular complexity index is 186. The summed E-state index contributed by atoms with van der Waals surface area (Å²) in [4.78, 5) is 2.19. The molecule has 1 fully saturated rings. The average Bonchev–Trinajstić information content (AvgIpc) is 2.08. The van der Waals surface area contributed by atoms with Gasteiger partial charge < -0.3 is 5.11 Å². The van der Waals surface area contributed by atoms with E-state index in [0.717, 1.165) is 19.4 Å². The number of piperidine rings is 1. The van der Waals surface area contributed by atoms with Crippen molar-refractivity contribution in [3.8, 4) is 6.07 Å².